The number of phenols is 1. The maximum absolute atomic E-state index is 11.9. The molecule has 0 fully saturated rings. The molecule has 1 amide bonds. The molecular formula is C16H18N2O2. The van der Waals surface area contributed by atoms with E-state index in [0.29, 0.717) is 12.8 Å². The number of nitrogens with zero attached hydrogens (tertiary/aromatic N) is 1. The molecule has 1 heterocycles. The minimum Gasteiger partial charge on any atom is -0.508 e. The first-order chi connectivity index (χ1) is 9.56. The van der Waals surface area contributed by atoms with Gasteiger partial charge in [0.05, 0.1) is 0 Å². The monoisotopic (exact) mass is 270 g/mol. The summed E-state index contributed by atoms with van der Waals surface area (Å²) in [5, 5.41) is 12.5. The van der Waals surface area contributed by atoms with Crippen LogP contribution in [0.2, 0.25) is 0 Å². The molecule has 0 aliphatic carbocycles. The normalized spacial score (nSPS) is 10.3. The minimum absolute atomic E-state index is 0.0398. The lowest BCUT2D eigenvalue weighted by atomic mass is 10.1. The highest BCUT2D eigenvalue weighted by atomic mass is 16.3. The number of aryl methyl sites for hydroxylation is 3. The number of nitrogens with one attached hydrogen (secondary N) is 1. The van der Waals surface area contributed by atoms with Gasteiger partial charge in [-0.15, -0.1) is 0 Å². The molecule has 2 rings (SSSR count). The number of carbonyl (C=O) groups is 1. The van der Waals surface area contributed by atoms with Gasteiger partial charge in [0.15, 0.2) is 0 Å². The van der Waals surface area contributed by atoms with Crippen LogP contribution in [0.5, 0.6) is 5.75 Å². The molecule has 0 aliphatic heterocycles. The molecule has 1 aromatic heterocycles. The lowest BCUT2D eigenvalue weighted by Gasteiger charge is -2.10. The Morgan fingerprint density at radius 3 is 2.80 bits per heavy atom. The van der Waals surface area contributed by atoms with E-state index in [9.17, 15) is 9.90 Å². The summed E-state index contributed by atoms with van der Waals surface area (Å²) in [5.74, 6) is 0.206. The molecule has 0 saturated carbocycles. The topological polar surface area (TPSA) is 62.2 Å². The van der Waals surface area contributed by atoms with Gasteiger partial charge in [-0.2, -0.15) is 0 Å². The van der Waals surface area contributed by atoms with Gasteiger partial charge in [0.25, 0.3) is 0 Å². The van der Waals surface area contributed by atoms with Crippen molar-refractivity contribution in [2.75, 3.05) is 5.32 Å². The molecule has 0 aliphatic rings. The fourth-order valence-corrected chi connectivity index (χ4v) is 1.95. The molecule has 104 valence electrons. The number of aromatic hydroxyl groups is 1. The predicted molar refractivity (Wildman–Crippen MR) is 78.8 cm³/mol. The Morgan fingerprint density at radius 1 is 1.30 bits per heavy atom. The van der Waals surface area contributed by atoms with E-state index in [1.54, 1.807) is 31.5 Å². The maximum atomic E-state index is 11.9. The van der Waals surface area contributed by atoms with Gasteiger partial charge < -0.3 is 10.4 Å². The van der Waals surface area contributed by atoms with Crippen molar-refractivity contribution in [3.8, 4) is 5.75 Å². The SMILES string of the molecule is Cc1cc(NC(=O)CCc2cccnc2)c(C)cc1O. The molecule has 1 aromatic carbocycles. The van der Waals surface area contributed by atoms with Gasteiger partial charge in [0.2, 0.25) is 5.91 Å². The van der Waals surface area contributed by atoms with Crippen molar-refractivity contribution in [2.45, 2.75) is 26.7 Å². The van der Waals surface area contributed by atoms with E-state index < -0.39 is 0 Å². The van der Waals surface area contributed by atoms with Crippen molar-refractivity contribution in [1.82, 2.24) is 4.98 Å². The van der Waals surface area contributed by atoms with Crippen molar-refractivity contribution in [3.05, 3.63) is 53.3 Å². The highest BCUT2D eigenvalue weighted by Crippen LogP contribution is 2.25. The number of hydrogen-bond acceptors (Lipinski definition) is 3. The van der Waals surface area contributed by atoms with Crippen molar-refractivity contribution in [1.29, 1.82) is 0 Å². The number of carbonyl (C=O) groups excluding carboxylic acids is 1. The summed E-state index contributed by atoms with van der Waals surface area (Å²) in [6.07, 6.45) is 4.55. The number of hydrogen-bond donors (Lipinski definition) is 2. The zero-order valence-corrected chi connectivity index (χ0v) is 11.7. The summed E-state index contributed by atoms with van der Waals surface area (Å²) in [6, 6.07) is 7.26. The highest BCUT2D eigenvalue weighted by molar-refractivity contribution is 5.91. The molecule has 0 atom stereocenters. The van der Waals surface area contributed by atoms with Gasteiger partial charge in [-0.05, 0) is 55.2 Å². The number of rotatable bonds is 4. The Hall–Kier alpha value is -2.36. The summed E-state index contributed by atoms with van der Waals surface area (Å²) in [7, 11) is 0. The number of phenolic OH excluding ortho intramolecular Hbond substituents is 1. The molecule has 0 bridgehead atoms. The zero-order chi connectivity index (χ0) is 14.5. The molecule has 4 nitrogen and oxygen atoms in total. The lowest BCUT2D eigenvalue weighted by molar-refractivity contribution is -0.116. The van der Waals surface area contributed by atoms with E-state index in [-0.39, 0.29) is 11.7 Å². The van der Waals surface area contributed by atoms with E-state index in [1.807, 2.05) is 19.1 Å². The standard InChI is InChI=1S/C16H18N2O2/c1-11-9-15(19)12(2)8-14(11)18-16(20)6-5-13-4-3-7-17-10-13/h3-4,7-10,19H,5-6H2,1-2H3,(H,18,20). The fraction of sp³-hybridized carbons (Fsp3) is 0.250. The van der Waals surface area contributed by atoms with E-state index in [1.165, 1.54) is 0 Å². The fourth-order valence-electron chi connectivity index (χ4n) is 1.95. The molecule has 0 spiro atoms. The van der Waals surface area contributed by atoms with Crippen LogP contribution in [-0.2, 0) is 11.2 Å². The van der Waals surface area contributed by atoms with Gasteiger partial charge >= 0.3 is 0 Å². The van der Waals surface area contributed by atoms with Crippen molar-refractivity contribution in [3.63, 3.8) is 0 Å². The van der Waals surface area contributed by atoms with Crippen LogP contribution in [0.25, 0.3) is 0 Å². The van der Waals surface area contributed by atoms with Crippen molar-refractivity contribution >= 4 is 11.6 Å². The number of pyridine rings is 1. The van der Waals surface area contributed by atoms with Crippen LogP contribution in [-0.4, -0.2) is 16.0 Å². The number of aromatic nitrogens is 1. The smallest absolute Gasteiger partial charge is 0.224 e. The molecule has 20 heavy (non-hydrogen) atoms. The van der Waals surface area contributed by atoms with Crippen LogP contribution < -0.4 is 5.32 Å². The first-order valence-corrected chi connectivity index (χ1v) is 6.55. The van der Waals surface area contributed by atoms with Gasteiger partial charge in [-0.3, -0.25) is 9.78 Å². The molecule has 2 aromatic rings. The first kappa shape index (κ1) is 14.1. The van der Waals surface area contributed by atoms with Gasteiger partial charge in [0.1, 0.15) is 5.75 Å². The van der Waals surface area contributed by atoms with Gasteiger partial charge in [-0.1, -0.05) is 6.07 Å². The van der Waals surface area contributed by atoms with Crippen LogP contribution in [0.15, 0.2) is 36.7 Å². The Morgan fingerprint density at radius 2 is 2.10 bits per heavy atom. The summed E-state index contributed by atoms with van der Waals surface area (Å²) < 4.78 is 0. The van der Waals surface area contributed by atoms with Crippen LogP contribution in [0.4, 0.5) is 5.69 Å². The largest absolute Gasteiger partial charge is 0.508 e. The molecule has 2 N–H and O–H groups in total. The van der Waals surface area contributed by atoms with Crippen LogP contribution in [0, 0.1) is 13.8 Å². The van der Waals surface area contributed by atoms with Crippen molar-refractivity contribution < 1.29 is 9.90 Å². The third kappa shape index (κ3) is 3.57. The Bertz CT molecular complexity index is 609. The highest BCUT2D eigenvalue weighted by Gasteiger charge is 2.07. The maximum Gasteiger partial charge on any atom is 0.224 e. The average molecular weight is 270 g/mol. The summed E-state index contributed by atoms with van der Waals surface area (Å²) in [4.78, 5) is 16.0. The van der Waals surface area contributed by atoms with Gasteiger partial charge in [0, 0.05) is 24.5 Å². The first-order valence-electron chi connectivity index (χ1n) is 6.55. The van der Waals surface area contributed by atoms with Crippen LogP contribution in [0.1, 0.15) is 23.1 Å². The average Bonchev–Trinajstić information content (AvgIpc) is 2.44. The Labute approximate surface area is 118 Å². The predicted octanol–water partition coefficient (Wildman–Crippen LogP) is 2.98. The van der Waals surface area contributed by atoms with Crippen LogP contribution in [0.3, 0.4) is 0 Å². The van der Waals surface area contributed by atoms with E-state index in [2.05, 4.69) is 10.3 Å². The molecule has 0 unspecified atom stereocenters. The second-order valence-electron chi connectivity index (χ2n) is 4.86. The molecule has 0 saturated heterocycles. The van der Waals surface area contributed by atoms with Gasteiger partial charge in [-0.25, -0.2) is 0 Å². The number of anilines is 1. The number of amides is 1. The van der Waals surface area contributed by atoms with Crippen LogP contribution >= 0.6 is 0 Å². The number of benzene rings is 1. The van der Waals surface area contributed by atoms with E-state index >= 15 is 0 Å². The third-order valence-corrected chi connectivity index (χ3v) is 3.18. The summed E-state index contributed by atoms with van der Waals surface area (Å²) in [5.41, 5.74) is 3.39. The molecule has 0 radical (unpaired) electrons. The van der Waals surface area contributed by atoms with E-state index in [4.69, 9.17) is 0 Å². The summed E-state index contributed by atoms with van der Waals surface area (Å²) >= 11 is 0. The molecular weight excluding hydrogens is 252 g/mol. The summed E-state index contributed by atoms with van der Waals surface area (Å²) in [6.45, 7) is 3.66. The Balaban J connectivity index is 1.97. The van der Waals surface area contributed by atoms with Crippen molar-refractivity contribution in [2.24, 2.45) is 0 Å². The lowest BCUT2D eigenvalue weighted by Crippen LogP contribution is -2.13. The Kier molecular flexibility index (Phi) is 4.35. The zero-order valence-electron chi connectivity index (χ0n) is 11.7. The second-order valence-corrected chi connectivity index (χ2v) is 4.86. The molecule has 4 heteroatoms. The van der Waals surface area contributed by atoms with E-state index in [0.717, 1.165) is 22.4 Å². The third-order valence-electron chi connectivity index (χ3n) is 3.18. The minimum atomic E-state index is -0.0398. The second kappa shape index (κ2) is 6.19. The quantitative estimate of drug-likeness (QED) is 0.840.